The Kier molecular flexibility index (Phi) is 4.67. The maximum atomic E-state index is 5.14. The van der Waals surface area contributed by atoms with Crippen molar-refractivity contribution in [3.63, 3.8) is 0 Å². The second-order valence-corrected chi connectivity index (χ2v) is 7.86. The maximum Gasteiger partial charge on any atom is 0.191 e. The van der Waals surface area contributed by atoms with Crippen LogP contribution >= 0.6 is 0 Å². The highest BCUT2D eigenvalue weighted by Crippen LogP contribution is 2.56. The van der Waals surface area contributed by atoms with E-state index in [0.717, 1.165) is 49.5 Å². The molecule has 1 aliphatic heterocycles. The average Bonchev–Trinajstić information content (AvgIpc) is 3.33. The molecule has 0 aromatic carbocycles. The number of aromatic nitrogens is 3. The first-order chi connectivity index (χ1) is 12.2. The smallest absolute Gasteiger partial charge is 0.191 e. The lowest BCUT2D eigenvalue weighted by molar-refractivity contribution is 0.105. The molecular weight excluding hydrogens is 316 g/mol. The quantitative estimate of drug-likeness (QED) is 0.603. The van der Waals surface area contributed by atoms with E-state index in [1.807, 2.05) is 11.7 Å². The molecule has 7 nitrogen and oxygen atoms in total. The highest BCUT2D eigenvalue weighted by Gasteiger charge is 2.48. The van der Waals surface area contributed by atoms with Crippen molar-refractivity contribution in [3.05, 3.63) is 11.6 Å². The number of hydrogen-bond acceptors (Lipinski definition) is 4. The second-order valence-electron chi connectivity index (χ2n) is 7.86. The van der Waals surface area contributed by atoms with Gasteiger partial charge >= 0.3 is 0 Å². The Morgan fingerprint density at radius 1 is 1.36 bits per heavy atom. The predicted molar refractivity (Wildman–Crippen MR) is 96.3 cm³/mol. The molecule has 0 saturated heterocycles. The number of nitrogens with one attached hydrogen (secondary N) is 2. The van der Waals surface area contributed by atoms with Gasteiger partial charge in [0.05, 0.1) is 6.54 Å². The van der Waals surface area contributed by atoms with E-state index in [1.165, 1.54) is 32.1 Å². The number of rotatable bonds is 6. The molecule has 2 N–H and O–H groups in total. The van der Waals surface area contributed by atoms with Crippen LogP contribution in [0.2, 0.25) is 0 Å². The Morgan fingerprint density at radius 3 is 2.84 bits per heavy atom. The first kappa shape index (κ1) is 16.8. The van der Waals surface area contributed by atoms with Crippen LogP contribution in [0.4, 0.5) is 0 Å². The summed E-state index contributed by atoms with van der Waals surface area (Å²) in [6.45, 7) is 2.38. The van der Waals surface area contributed by atoms with Crippen molar-refractivity contribution in [1.82, 2.24) is 25.4 Å². The first-order valence-corrected chi connectivity index (χ1v) is 9.61. The van der Waals surface area contributed by atoms with E-state index in [0.29, 0.717) is 18.1 Å². The van der Waals surface area contributed by atoms with Crippen molar-refractivity contribution in [1.29, 1.82) is 0 Å². The molecule has 3 aliphatic rings. The van der Waals surface area contributed by atoms with E-state index in [2.05, 4.69) is 25.7 Å². The van der Waals surface area contributed by atoms with Crippen molar-refractivity contribution in [3.8, 4) is 0 Å². The van der Waals surface area contributed by atoms with Crippen LogP contribution in [0.15, 0.2) is 4.99 Å². The Balaban J connectivity index is 1.31. The Morgan fingerprint density at radius 2 is 2.20 bits per heavy atom. The molecule has 0 radical (unpaired) electrons. The Hall–Kier alpha value is -1.63. The molecule has 1 atom stereocenters. The van der Waals surface area contributed by atoms with Gasteiger partial charge in [-0.15, -0.1) is 0 Å². The Labute approximate surface area is 149 Å². The summed E-state index contributed by atoms with van der Waals surface area (Å²) < 4.78 is 7.15. The van der Waals surface area contributed by atoms with Gasteiger partial charge in [0.15, 0.2) is 11.8 Å². The molecule has 2 heterocycles. The van der Waals surface area contributed by atoms with E-state index in [9.17, 15) is 0 Å². The second kappa shape index (κ2) is 6.94. The van der Waals surface area contributed by atoms with Crippen molar-refractivity contribution < 1.29 is 4.74 Å². The normalized spacial score (nSPS) is 25.2. The summed E-state index contributed by atoms with van der Waals surface area (Å²) in [6, 6.07) is 0.342. The summed E-state index contributed by atoms with van der Waals surface area (Å²) in [4.78, 5) is 8.98. The zero-order valence-electron chi connectivity index (χ0n) is 15.4. The van der Waals surface area contributed by atoms with Crippen LogP contribution in [0.5, 0.6) is 0 Å². The fourth-order valence-electron chi connectivity index (χ4n) is 4.37. The summed E-state index contributed by atoms with van der Waals surface area (Å²) in [5, 5.41) is 11.7. The number of guanidine groups is 1. The van der Waals surface area contributed by atoms with E-state index < -0.39 is 0 Å². The van der Waals surface area contributed by atoms with Gasteiger partial charge in [0.1, 0.15) is 12.4 Å². The SMILES string of the molecule is CN=C(NCC1(C2CC2)CCC1)NC1CCc2nc(COC)nn2C1. The van der Waals surface area contributed by atoms with Gasteiger partial charge in [-0.3, -0.25) is 4.99 Å². The molecule has 2 fully saturated rings. The van der Waals surface area contributed by atoms with Crippen molar-refractivity contribution >= 4 is 5.96 Å². The topological polar surface area (TPSA) is 76.4 Å². The Bertz CT molecular complexity index is 632. The zero-order valence-corrected chi connectivity index (χ0v) is 15.4. The number of aryl methyl sites for hydroxylation is 1. The largest absolute Gasteiger partial charge is 0.377 e. The predicted octanol–water partition coefficient (Wildman–Crippen LogP) is 1.48. The van der Waals surface area contributed by atoms with Crippen LogP contribution in [0.25, 0.3) is 0 Å². The lowest BCUT2D eigenvalue weighted by atomic mass is 9.65. The lowest BCUT2D eigenvalue weighted by Gasteiger charge is -2.43. The van der Waals surface area contributed by atoms with Crippen molar-refractivity contribution in [2.75, 3.05) is 20.7 Å². The van der Waals surface area contributed by atoms with Gasteiger partial charge in [-0.25, -0.2) is 9.67 Å². The minimum absolute atomic E-state index is 0.342. The van der Waals surface area contributed by atoms with Gasteiger partial charge in [0.2, 0.25) is 0 Å². The van der Waals surface area contributed by atoms with Crippen LogP contribution < -0.4 is 10.6 Å². The maximum absolute atomic E-state index is 5.14. The molecule has 25 heavy (non-hydrogen) atoms. The van der Waals surface area contributed by atoms with E-state index in [-0.39, 0.29) is 0 Å². The zero-order chi connectivity index (χ0) is 17.3. The molecule has 0 spiro atoms. The molecule has 7 heteroatoms. The summed E-state index contributed by atoms with van der Waals surface area (Å²) >= 11 is 0. The fourth-order valence-corrected chi connectivity index (χ4v) is 4.37. The molecule has 138 valence electrons. The highest BCUT2D eigenvalue weighted by atomic mass is 16.5. The lowest BCUT2D eigenvalue weighted by Crippen LogP contribution is -2.51. The molecule has 0 bridgehead atoms. The fraction of sp³-hybridized carbons (Fsp3) is 0.833. The number of methoxy groups -OCH3 is 1. The van der Waals surface area contributed by atoms with Crippen molar-refractivity contribution in [2.45, 2.75) is 64.1 Å². The van der Waals surface area contributed by atoms with Gasteiger partial charge in [-0.1, -0.05) is 6.42 Å². The minimum atomic E-state index is 0.342. The van der Waals surface area contributed by atoms with Gasteiger partial charge in [0, 0.05) is 33.2 Å². The monoisotopic (exact) mass is 346 g/mol. The molecular formula is C18H30N6O. The molecule has 4 rings (SSSR count). The molecule has 1 aromatic rings. The van der Waals surface area contributed by atoms with Crippen LogP contribution in [-0.2, 0) is 24.3 Å². The van der Waals surface area contributed by atoms with Gasteiger partial charge in [0.25, 0.3) is 0 Å². The van der Waals surface area contributed by atoms with Crippen LogP contribution in [-0.4, -0.2) is 47.5 Å². The standard InChI is InChI=1S/C18H30N6O/c1-19-17(20-12-18(8-3-9-18)13-4-5-13)21-14-6-7-16-22-15(11-25-2)23-24(16)10-14/h13-14H,3-12H2,1-2H3,(H2,19,20,21). The molecule has 2 aliphatic carbocycles. The molecule has 0 amide bonds. The number of hydrogen-bond donors (Lipinski definition) is 2. The van der Waals surface area contributed by atoms with Crippen molar-refractivity contribution in [2.24, 2.45) is 16.3 Å². The number of ether oxygens (including phenoxy) is 1. The number of fused-ring (bicyclic) bond motifs is 1. The minimum Gasteiger partial charge on any atom is -0.377 e. The summed E-state index contributed by atoms with van der Waals surface area (Å²) in [6.07, 6.45) is 9.01. The molecule has 1 unspecified atom stereocenters. The average molecular weight is 346 g/mol. The van der Waals surface area contributed by atoms with Crippen LogP contribution in [0.1, 0.15) is 50.2 Å². The van der Waals surface area contributed by atoms with Gasteiger partial charge in [-0.05, 0) is 43.4 Å². The highest BCUT2D eigenvalue weighted by molar-refractivity contribution is 5.80. The van der Waals surface area contributed by atoms with Gasteiger partial charge < -0.3 is 15.4 Å². The number of nitrogens with zero attached hydrogens (tertiary/aromatic N) is 4. The summed E-state index contributed by atoms with van der Waals surface area (Å²) in [5.41, 5.74) is 0.554. The molecule has 2 saturated carbocycles. The third kappa shape index (κ3) is 3.52. The van der Waals surface area contributed by atoms with Gasteiger partial charge in [-0.2, -0.15) is 5.10 Å². The number of aliphatic imine (C=N–C) groups is 1. The third-order valence-corrected chi connectivity index (χ3v) is 6.14. The first-order valence-electron chi connectivity index (χ1n) is 9.61. The van der Waals surface area contributed by atoms with E-state index in [4.69, 9.17) is 4.74 Å². The summed E-state index contributed by atoms with van der Waals surface area (Å²) in [7, 11) is 3.54. The van der Waals surface area contributed by atoms with Crippen LogP contribution in [0.3, 0.4) is 0 Å². The summed E-state index contributed by atoms with van der Waals surface area (Å²) in [5.74, 6) is 3.73. The van der Waals surface area contributed by atoms with E-state index in [1.54, 1.807) is 7.11 Å². The van der Waals surface area contributed by atoms with E-state index >= 15 is 0 Å². The van der Waals surface area contributed by atoms with Crippen LogP contribution in [0, 0.1) is 11.3 Å². The molecule has 1 aromatic heterocycles. The third-order valence-electron chi connectivity index (χ3n) is 6.14.